The second-order valence-electron chi connectivity index (χ2n) is 35.5. The van der Waals surface area contributed by atoms with Gasteiger partial charge in [0.1, 0.15) is 23.5 Å². The summed E-state index contributed by atoms with van der Waals surface area (Å²) in [6.07, 6.45) is -15.3. The largest absolute Gasteiger partial charge is 0.495 e. The van der Waals surface area contributed by atoms with E-state index in [1.807, 2.05) is 153 Å². The summed E-state index contributed by atoms with van der Waals surface area (Å²) in [4.78, 5) is 11.9. The molecule has 139 heavy (non-hydrogen) atoms. The van der Waals surface area contributed by atoms with Gasteiger partial charge in [-0.2, -0.15) is 71.1 Å². The van der Waals surface area contributed by atoms with Crippen molar-refractivity contribution in [3.05, 3.63) is 399 Å². The van der Waals surface area contributed by atoms with Crippen LogP contribution in [0.5, 0.6) is 5.75 Å². The molecule has 3 aromatic heterocycles. The van der Waals surface area contributed by atoms with Gasteiger partial charge in [-0.15, -0.1) is 0 Å². The van der Waals surface area contributed by atoms with Crippen LogP contribution in [0.1, 0.15) is 338 Å². The first-order valence-electron chi connectivity index (χ1n) is 45.1. The summed E-state index contributed by atoms with van der Waals surface area (Å²) in [5, 5.41) is 10.9. The number of hydrogen-bond acceptors (Lipinski definition) is 5. The smallest absolute Gasteiger partial charge is 0.419 e. The van der Waals surface area contributed by atoms with Crippen molar-refractivity contribution < 1.29 is 79.4 Å². The van der Waals surface area contributed by atoms with E-state index in [0.29, 0.717) is 83.9 Å². The Balaban J connectivity index is 0.000000760. The van der Waals surface area contributed by atoms with Gasteiger partial charge in [-0.3, -0.25) is 15.0 Å². The fraction of sp³-hybridized carbons (Fsp3) is 0.375. The average molecular weight is 2050 g/mol. The second-order valence-corrected chi connectivity index (χ2v) is 37.5. The van der Waals surface area contributed by atoms with Crippen LogP contribution in [-0.4, -0.2) is 22.1 Å². The molecule has 0 aliphatic carbocycles. The molecule has 0 N–H and O–H groups in total. The van der Waals surface area contributed by atoms with E-state index in [-0.39, 0.29) is 40.4 Å². The Morgan fingerprint density at radius 2 is 0.633 bits per heavy atom. The van der Waals surface area contributed by atoms with E-state index in [9.17, 15) is 74.6 Å². The van der Waals surface area contributed by atoms with Gasteiger partial charge < -0.3 is 4.74 Å². The molecule has 0 unspecified atom stereocenters. The number of benzene rings is 9. The summed E-state index contributed by atoms with van der Waals surface area (Å²) in [5.41, 5.74) is 8.75. The molecule has 0 fully saturated rings. The Kier molecular flexibility index (Phi) is 56.9. The summed E-state index contributed by atoms with van der Waals surface area (Å²) in [6, 6.07) is 66.8. The molecule has 0 radical (unpaired) electrons. The van der Waals surface area contributed by atoms with Crippen molar-refractivity contribution in [2.75, 3.05) is 7.11 Å². The zero-order valence-electron chi connectivity index (χ0n) is 83.3. The van der Waals surface area contributed by atoms with Crippen molar-refractivity contribution in [1.29, 1.82) is 5.26 Å². The highest BCUT2D eigenvalue weighted by Gasteiger charge is 2.36. The van der Waals surface area contributed by atoms with Crippen molar-refractivity contribution in [3.8, 4) is 11.8 Å². The van der Waals surface area contributed by atoms with Gasteiger partial charge in [0, 0.05) is 36.2 Å². The molecule has 0 spiro atoms. The van der Waals surface area contributed by atoms with Crippen LogP contribution in [0.25, 0.3) is 0 Å². The summed E-state index contributed by atoms with van der Waals surface area (Å²) < 4.78 is 214. The summed E-state index contributed by atoms with van der Waals surface area (Å²) in [5.74, 6) is 3.62. The highest BCUT2D eigenvalue weighted by molar-refractivity contribution is 6.42. The quantitative estimate of drug-likeness (QED) is 0.108. The third-order valence-corrected chi connectivity index (χ3v) is 22.0. The van der Waals surface area contributed by atoms with Crippen LogP contribution in [0.3, 0.4) is 0 Å². The Morgan fingerprint density at radius 3 is 1.00 bits per heavy atom. The van der Waals surface area contributed by atoms with E-state index < -0.39 is 64.5 Å². The fourth-order valence-electron chi connectivity index (χ4n) is 11.3. The zero-order valence-corrected chi connectivity index (χ0v) is 87.0. The van der Waals surface area contributed by atoms with Gasteiger partial charge in [-0.25, -0.2) is 8.78 Å². The van der Waals surface area contributed by atoms with Crippen LogP contribution >= 0.6 is 58.0 Å². The fourth-order valence-corrected chi connectivity index (χ4v) is 12.2. The number of nitriles is 1. The van der Waals surface area contributed by atoms with Crippen molar-refractivity contribution in [1.82, 2.24) is 15.0 Å². The van der Waals surface area contributed by atoms with Crippen molar-refractivity contribution in [2.24, 2.45) is 0 Å². The maximum Gasteiger partial charge on any atom is 0.419 e. The van der Waals surface area contributed by atoms with E-state index in [4.69, 9.17) is 68.0 Å². The number of aromatic nitrogens is 3. The summed E-state index contributed by atoms with van der Waals surface area (Å²) in [6.45, 7) is 48.4. The molecule has 0 saturated heterocycles. The minimum Gasteiger partial charge on any atom is -0.495 e. The van der Waals surface area contributed by atoms with E-state index in [0.717, 1.165) is 82.4 Å². The lowest BCUT2D eigenvalue weighted by atomic mass is 10.0. The first kappa shape index (κ1) is 127. The molecule has 12 rings (SSSR count). The third kappa shape index (κ3) is 50.3. The molecule has 5 nitrogen and oxygen atoms in total. The van der Waals surface area contributed by atoms with Gasteiger partial charge in [-0.1, -0.05) is 339 Å². The molecule has 3 heterocycles. The number of halogens is 22. The Bertz CT molecular complexity index is 5270. The molecule has 12 aromatic rings. The first-order chi connectivity index (χ1) is 64.4. The predicted octanol–water partition coefficient (Wildman–Crippen LogP) is 40.4. The standard InChI is InChI=1S/C10H10ClF3.C10H10ClN.C10H13ClO.C10H10F4.2C10H11F3.C9H10Cl2.C9H10F3N.C9H11F.C9H12.2C8H11N/c1-6(2)7-3-4-9(11)8(5-7)10(12,13)14;1-7(2)8-3-4-10(11)9(5-8)6-12;1-7(2)8-4-5-9(11)10(6-8)12-3;1-6(2)7-3-4-9(11)8(5-7)10(12,13)14;1-7(2)8-3-5-9(6-4-8)10(11,12)13;1-7(2)8-4-3-5-9(6-8)10(11,12)13;1-6(2)7-3-4-8(10)9(11)5-7;1-6(2)8-4-3-7(5-13-8)9(10,11)12;1-7(2)8-4-3-5-9(10)6-8;1-8(2)9-6-4-3-5-7-9;1-7(2)8-4-3-5-9-6-8;1-7(2)8-5-3-4-6-9-8/h3-6H,1-2H3;3-5,7H,1-2H3;4-7H,1-3H3;3-6H,1-2H3;2*3-7H,1-2H3;3-6H,1-2H3;3-6H,1-2H3;3-7H,1-2H3;3-8H,1-2H3;2*3-7H,1-2H3. The monoisotopic (exact) mass is 2040 g/mol. The first-order valence-corrected chi connectivity index (χ1v) is 47.0. The molecule has 27 heteroatoms. The average Bonchev–Trinajstić information content (AvgIpc) is 0.820. The number of nitrogens with zero attached hydrogens (tertiary/aromatic N) is 4. The Hall–Kier alpha value is -10.0. The molecule has 0 amide bonds. The summed E-state index contributed by atoms with van der Waals surface area (Å²) >= 11 is 28.7. The molecular weight excluding hydrogens is 1920 g/mol. The van der Waals surface area contributed by atoms with Crippen LogP contribution in [0.15, 0.2) is 261 Å². The third-order valence-electron chi connectivity index (χ3n) is 20.3. The normalized spacial score (nSPS) is 11.2. The minimum absolute atomic E-state index is 0.0447. The van der Waals surface area contributed by atoms with E-state index in [2.05, 4.69) is 148 Å². The van der Waals surface area contributed by atoms with E-state index >= 15 is 0 Å². The highest BCUT2D eigenvalue weighted by atomic mass is 35.5. The lowest BCUT2D eigenvalue weighted by Gasteiger charge is -2.12. The maximum absolute atomic E-state index is 12.8. The van der Waals surface area contributed by atoms with Gasteiger partial charge >= 0.3 is 30.9 Å². The molecule has 0 aliphatic heterocycles. The van der Waals surface area contributed by atoms with Gasteiger partial charge in [0.15, 0.2) is 0 Å². The van der Waals surface area contributed by atoms with Crippen LogP contribution in [0.4, 0.5) is 74.6 Å². The maximum atomic E-state index is 12.8. The second kappa shape index (κ2) is 62.3. The molecule has 0 saturated carbocycles. The number of hydrogen-bond donors (Lipinski definition) is 0. The number of methoxy groups -OCH3 is 1. The number of alkyl halides is 15. The van der Waals surface area contributed by atoms with Crippen LogP contribution in [0.2, 0.25) is 25.1 Å². The van der Waals surface area contributed by atoms with Crippen molar-refractivity contribution >= 4 is 58.0 Å². The lowest BCUT2D eigenvalue weighted by Crippen LogP contribution is -2.09. The van der Waals surface area contributed by atoms with Crippen molar-refractivity contribution in [3.63, 3.8) is 0 Å². The Morgan fingerprint density at radius 1 is 0.266 bits per heavy atom. The van der Waals surface area contributed by atoms with Gasteiger partial charge in [-0.05, 0) is 248 Å². The molecule has 758 valence electrons. The topological polar surface area (TPSA) is 71.7 Å². The zero-order chi connectivity index (χ0) is 106. The number of ether oxygens (including phenoxy) is 1. The van der Waals surface area contributed by atoms with Gasteiger partial charge in [0.05, 0.1) is 65.6 Å². The molecule has 0 bridgehead atoms. The van der Waals surface area contributed by atoms with Crippen LogP contribution < -0.4 is 4.74 Å². The number of rotatable bonds is 13. The van der Waals surface area contributed by atoms with E-state index in [1.54, 1.807) is 57.5 Å². The number of pyridine rings is 3. The molecule has 0 aliphatic rings. The van der Waals surface area contributed by atoms with Gasteiger partial charge in [0.2, 0.25) is 0 Å². The molecule has 9 aromatic carbocycles. The lowest BCUT2D eigenvalue weighted by molar-refractivity contribution is -0.140. The minimum atomic E-state index is -4.62. The summed E-state index contributed by atoms with van der Waals surface area (Å²) in [7, 11) is 1.63. The van der Waals surface area contributed by atoms with Crippen molar-refractivity contribution in [2.45, 2.75) is 268 Å². The van der Waals surface area contributed by atoms with Crippen LogP contribution in [-0.2, 0) is 30.9 Å². The highest BCUT2D eigenvalue weighted by Crippen LogP contribution is 2.39. The molecule has 0 atom stereocenters. The predicted molar refractivity (Wildman–Crippen MR) is 541 cm³/mol. The SMILES string of the molecule is CC(C)c1ccc(C(F)(F)F)cc1.CC(C)c1ccc(C(F)(F)F)cn1.CC(C)c1ccc(Cl)c(C#N)c1.CC(C)c1ccc(Cl)c(C(F)(F)F)c1.CC(C)c1ccc(Cl)c(Cl)c1.CC(C)c1ccc(F)c(C(F)(F)F)c1.CC(C)c1cccc(C(F)(F)F)c1.CC(C)c1cccc(F)c1.CC(C)c1ccccc1.CC(C)c1ccccn1.CC(C)c1cccnc1.COc1cc(C(C)C)ccc1Cl. The van der Waals surface area contributed by atoms with Gasteiger partial charge in [0.25, 0.3) is 0 Å². The van der Waals surface area contributed by atoms with E-state index in [1.165, 1.54) is 70.8 Å². The Labute approximate surface area is 837 Å². The molecular formula is C112H130Cl5F17N4O. The van der Waals surface area contributed by atoms with Crippen LogP contribution in [0, 0.1) is 23.0 Å².